The van der Waals surface area contributed by atoms with Crippen molar-refractivity contribution in [2.45, 2.75) is 13.3 Å². The molecular formula is C9H14BrN3O2S. The summed E-state index contributed by atoms with van der Waals surface area (Å²) in [4.78, 5) is 8.24. The highest BCUT2D eigenvalue weighted by molar-refractivity contribution is 9.10. The smallest absolute Gasteiger partial charge is 0.147 e. The zero-order chi connectivity index (χ0) is 12.2. The lowest BCUT2D eigenvalue weighted by molar-refractivity contribution is 0.600. The Morgan fingerprint density at radius 3 is 2.69 bits per heavy atom. The highest BCUT2D eigenvalue weighted by Crippen LogP contribution is 2.11. The average molecular weight is 308 g/mol. The Kier molecular flexibility index (Phi) is 4.67. The van der Waals surface area contributed by atoms with E-state index in [2.05, 4.69) is 31.2 Å². The van der Waals surface area contributed by atoms with Crippen LogP contribution < -0.4 is 5.32 Å². The fraction of sp³-hybridized carbons (Fsp3) is 0.556. The van der Waals surface area contributed by atoms with Crippen LogP contribution in [0.15, 0.2) is 10.7 Å². The van der Waals surface area contributed by atoms with Gasteiger partial charge in [-0.25, -0.2) is 18.4 Å². The lowest BCUT2D eigenvalue weighted by atomic mass is 10.4. The van der Waals surface area contributed by atoms with E-state index in [1.807, 2.05) is 0 Å². The van der Waals surface area contributed by atoms with Crippen molar-refractivity contribution in [1.29, 1.82) is 0 Å². The number of rotatable bonds is 5. The molecular weight excluding hydrogens is 294 g/mol. The molecule has 7 heteroatoms. The third-order valence-corrected chi connectivity index (χ3v) is 3.24. The van der Waals surface area contributed by atoms with Crippen molar-refractivity contribution in [2.24, 2.45) is 0 Å². The van der Waals surface area contributed by atoms with Crippen molar-refractivity contribution in [3.05, 3.63) is 16.5 Å². The van der Waals surface area contributed by atoms with Crippen LogP contribution in [-0.2, 0) is 9.84 Å². The predicted octanol–water partition coefficient (Wildman–Crippen LogP) is 1.39. The Hall–Kier alpha value is -0.690. The molecule has 0 aliphatic heterocycles. The van der Waals surface area contributed by atoms with E-state index in [0.717, 1.165) is 0 Å². The summed E-state index contributed by atoms with van der Waals surface area (Å²) >= 11 is 3.27. The monoisotopic (exact) mass is 307 g/mol. The van der Waals surface area contributed by atoms with Crippen LogP contribution in [-0.4, -0.2) is 36.9 Å². The molecule has 0 atom stereocenters. The molecule has 1 N–H and O–H groups in total. The zero-order valence-electron chi connectivity index (χ0n) is 9.20. The van der Waals surface area contributed by atoms with Crippen LogP contribution in [0.1, 0.15) is 12.2 Å². The van der Waals surface area contributed by atoms with Gasteiger partial charge in [0.05, 0.1) is 5.75 Å². The minimum absolute atomic E-state index is 0.186. The highest BCUT2D eigenvalue weighted by atomic mass is 79.9. The molecule has 1 heterocycles. The number of halogens is 1. The van der Waals surface area contributed by atoms with Crippen molar-refractivity contribution in [2.75, 3.05) is 23.9 Å². The third-order valence-electron chi connectivity index (χ3n) is 1.80. The van der Waals surface area contributed by atoms with Crippen LogP contribution in [0.2, 0.25) is 0 Å². The van der Waals surface area contributed by atoms with Gasteiger partial charge in [0.25, 0.3) is 0 Å². The first-order chi connectivity index (χ1) is 7.37. The van der Waals surface area contributed by atoms with Crippen molar-refractivity contribution in [3.8, 4) is 0 Å². The molecule has 0 aliphatic rings. The summed E-state index contributed by atoms with van der Waals surface area (Å²) in [5.41, 5.74) is 0. The maximum Gasteiger partial charge on any atom is 0.147 e. The Morgan fingerprint density at radius 1 is 1.44 bits per heavy atom. The Bertz CT molecular complexity index is 442. The van der Waals surface area contributed by atoms with Gasteiger partial charge < -0.3 is 5.32 Å². The van der Waals surface area contributed by atoms with Gasteiger partial charge in [-0.15, -0.1) is 0 Å². The van der Waals surface area contributed by atoms with E-state index >= 15 is 0 Å². The molecule has 16 heavy (non-hydrogen) atoms. The molecule has 0 aliphatic carbocycles. The number of hydrogen-bond donors (Lipinski definition) is 1. The Balaban J connectivity index is 2.43. The molecule has 0 bridgehead atoms. The van der Waals surface area contributed by atoms with E-state index in [1.165, 1.54) is 6.26 Å². The van der Waals surface area contributed by atoms with Gasteiger partial charge in [-0.2, -0.15) is 0 Å². The number of anilines is 1. The van der Waals surface area contributed by atoms with E-state index in [9.17, 15) is 8.42 Å². The van der Waals surface area contributed by atoms with E-state index in [0.29, 0.717) is 29.2 Å². The van der Waals surface area contributed by atoms with E-state index < -0.39 is 9.84 Å². The van der Waals surface area contributed by atoms with Gasteiger partial charge in [-0.05, 0) is 29.3 Å². The predicted molar refractivity (Wildman–Crippen MR) is 67.3 cm³/mol. The first-order valence-corrected chi connectivity index (χ1v) is 7.65. The van der Waals surface area contributed by atoms with Gasteiger partial charge in [-0.1, -0.05) is 0 Å². The summed E-state index contributed by atoms with van der Waals surface area (Å²) in [7, 11) is -2.88. The van der Waals surface area contributed by atoms with Crippen molar-refractivity contribution < 1.29 is 8.42 Å². The molecule has 5 nitrogen and oxygen atoms in total. The third kappa shape index (κ3) is 5.41. The van der Waals surface area contributed by atoms with Gasteiger partial charge in [0.1, 0.15) is 26.1 Å². The van der Waals surface area contributed by atoms with Gasteiger partial charge in [-0.3, -0.25) is 0 Å². The average Bonchev–Trinajstić information content (AvgIpc) is 2.09. The van der Waals surface area contributed by atoms with Crippen LogP contribution in [0.5, 0.6) is 0 Å². The van der Waals surface area contributed by atoms with Gasteiger partial charge in [0.15, 0.2) is 0 Å². The van der Waals surface area contributed by atoms with E-state index in [4.69, 9.17) is 0 Å². The van der Waals surface area contributed by atoms with Gasteiger partial charge in [0.2, 0.25) is 0 Å². The topological polar surface area (TPSA) is 72.0 Å². The zero-order valence-corrected chi connectivity index (χ0v) is 11.6. The maximum absolute atomic E-state index is 10.9. The Morgan fingerprint density at radius 2 is 2.12 bits per heavy atom. The molecule has 90 valence electrons. The molecule has 0 aromatic carbocycles. The minimum atomic E-state index is -2.88. The van der Waals surface area contributed by atoms with Crippen LogP contribution in [0.3, 0.4) is 0 Å². The Labute approximate surface area is 104 Å². The van der Waals surface area contributed by atoms with Crippen LogP contribution >= 0.6 is 15.9 Å². The molecule has 1 rings (SSSR count). The highest BCUT2D eigenvalue weighted by Gasteiger charge is 2.02. The fourth-order valence-electron chi connectivity index (χ4n) is 1.17. The van der Waals surface area contributed by atoms with Crippen LogP contribution in [0.4, 0.5) is 5.82 Å². The number of aromatic nitrogens is 2. The van der Waals surface area contributed by atoms with E-state index in [1.54, 1.807) is 13.0 Å². The van der Waals surface area contributed by atoms with Crippen LogP contribution in [0, 0.1) is 6.92 Å². The number of nitrogens with one attached hydrogen (secondary N) is 1. The molecule has 1 aromatic rings. The first kappa shape index (κ1) is 13.4. The number of sulfone groups is 1. The molecule has 0 saturated heterocycles. The lowest BCUT2D eigenvalue weighted by Gasteiger charge is -2.05. The second-order valence-corrected chi connectivity index (χ2v) is 6.61. The molecule has 0 fully saturated rings. The maximum atomic E-state index is 10.9. The number of nitrogens with zero attached hydrogens (tertiary/aromatic N) is 2. The normalized spacial score (nSPS) is 11.4. The summed E-state index contributed by atoms with van der Waals surface area (Å²) in [6.45, 7) is 2.38. The number of hydrogen-bond acceptors (Lipinski definition) is 5. The standard InChI is InChI=1S/C9H14BrN3O2S/c1-7-12-8(10)6-9(13-7)11-4-3-5-16(2,14)15/h6H,3-5H2,1-2H3,(H,11,12,13). The van der Waals surface area contributed by atoms with Gasteiger partial charge >= 0.3 is 0 Å². The summed E-state index contributed by atoms with van der Waals surface area (Å²) in [5, 5.41) is 3.05. The number of aryl methyl sites for hydroxylation is 1. The first-order valence-electron chi connectivity index (χ1n) is 4.79. The molecule has 0 amide bonds. The van der Waals surface area contributed by atoms with Crippen molar-refractivity contribution in [1.82, 2.24) is 9.97 Å². The summed E-state index contributed by atoms with van der Waals surface area (Å²) in [5.74, 6) is 1.55. The fourth-order valence-corrected chi connectivity index (χ4v) is 2.31. The molecule has 0 saturated carbocycles. The largest absolute Gasteiger partial charge is 0.370 e. The summed E-state index contributed by atoms with van der Waals surface area (Å²) in [6, 6.07) is 1.76. The summed E-state index contributed by atoms with van der Waals surface area (Å²) in [6.07, 6.45) is 1.80. The molecule has 1 aromatic heterocycles. The molecule has 0 radical (unpaired) electrons. The van der Waals surface area contributed by atoms with E-state index in [-0.39, 0.29) is 5.75 Å². The summed E-state index contributed by atoms with van der Waals surface area (Å²) < 4.78 is 22.5. The quantitative estimate of drug-likeness (QED) is 0.657. The lowest BCUT2D eigenvalue weighted by Crippen LogP contribution is -2.10. The second kappa shape index (κ2) is 5.58. The second-order valence-electron chi connectivity index (χ2n) is 3.53. The van der Waals surface area contributed by atoms with Gasteiger partial charge in [0, 0.05) is 18.9 Å². The molecule has 0 unspecified atom stereocenters. The van der Waals surface area contributed by atoms with Crippen molar-refractivity contribution in [3.63, 3.8) is 0 Å². The molecule has 0 spiro atoms. The van der Waals surface area contributed by atoms with Crippen molar-refractivity contribution >= 4 is 31.6 Å². The SMILES string of the molecule is Cc1nc(Br)cc(NCCCS(C)(=O)=O)n1. The minimum Gasteiger partial charge on any atom is -0.370 e. The van der Waals surface area contributed by atoms with Crippen LogP contribution in [0.25, 0.3) is 0 Å².